The Hall–Kier alpha value is -5.20. The maximum absolute atomic E-state index is 2.47. The normalized spacial score (nSPS) is 13.0. The van der Waals surface area contributed by atoms with Gasteiger partial charge in [0.25, 0.3) is 0 Å². The number of fused-ring (bicyclic) bond motifs is 12. The van der Waals surface area contributed by atoms with Gasteiger partial charge in [0.05, 0.1) is 0 Å². The van der Waals surface area contributed by atoms with Crippen molar-refractivity contribution in [3.8, 4) is 44.5 Å². The van der Waals surface area contributed by atoms with Crippen LogP contribution < -0.4 is 0 Å². The molecule has 0 amide bonds. The van der Waals surface area contributed by atoms with Gasteiger partial charge in [-0.3, -0.25) is 0 Å². The topological polar surface area (TPSA) is 0 Å². The van der Waals surface area contributed by atoms with Crippen molar-refractivity contribution >= 4 is 64.6 Å². The van der Waals surface area contributed by atoms with Gasteiger partial charge < -0.3 is 0 Å². The van der Waals surface area contributed by atoms with E-state index in [1.165, 1.54) is 120 Å². The molecule has 11 rings (SSSR count). The highest BCUT2D eigenvalue weighted by atomic mass is 14.3. The van der Waals surface area contributed by atoms with E-state index < -0.39 is 0 Å². The lowest BCUT2D eigenvalue weighted by molar-refractivity contribution is 1.16. The van der Waals surface area contributed by atoms with E-state index in [0.29, 0.717) is 0 Å². The van der Waals surface area contributed by atoms with Crippen LogP contribution in [0.1, 0.15) is 25.0 Å². The van der Waals surface area contributed by atoms with Crippen molar-refractivity contribution in [1.29, 1.82) is 0 Å². The van der Waals surface area contributed by atoms with Gasteiger partial charge in [-0.25, -0.2) is 0 Å². The van der Waals surface area contributed by atoms with E-state index in [4.69, 9.17) is 0 Å². The predicted octanol–water partition coefficient (Wildman–Crippen LogP) is 12.5. The Bertz CT molecular complexity index is 2560. The van der Waals surface area contributed by atoms with Gasteiger partial charge in [0.2, 0.25) is 0 Å². The van der Waals surface area contributed by atoms with Crippen molar-refractivity contribution in [3.63, 3.8) is 0 Å². The standard InChI is InChI=1S/C44H28/c1-3-23-21-37-33-15-13-29-30-14-16-34-38-22-24(4-2)26-10-6-8-12-28(26)40(38)36-20-18-32(42(30)44(34)36)31-17-19-35(43(33)41(29)31)39(37)27-11-7-5-9-25(23)27/h5-22H,3-4H2,1-2H3. The molecule has 0 aliphatic heterocycles. The molecule has 44 heavy (non-hydrogen) atoms. The van der Waals surface area contributed by atoms with E-state index in [1.807, 2.05) is 0 Å². The molecule has 0 spiro atoms. The third-order valence-corrected chi connectivity index (χ3v) is 11.0. The molecule has 0 saturated carbocycles. The van der Waals surface area contributed by atoms with Crippen molar-refractivity contribution in [1.82, 2.24) is 0 Å². The van der Waals surface area contributed by atoms with E-state index in [-0.39, 0.29) is 0 Å². The average molecular weight is 557 g/mol. The number of aryl methyl sites for hydroxylation is 2. The maximum Gasteiger partial charge on any atom is -0.00137 e. The third kappa shape index (κ3) is 2.52. The molecular formula is C44H28. The largest absolute Gasteiger partial charge is 0.0616 e. The average Bonchev–Trinajstić information content (AvgIpc) is 3.59. The molecule has 0 saturated heterocycles. The first kappa shape index (κ1) is 23.3. The van der Waals surface area contributed by atoms with Crippen LogP contribution in [0.5, 0.6) is 0 Å². The molecule has 0 unspecified atom stereocenters. The number of hydrogen-bond donors (Lipinski definition) is 0. The molecule has 0 bridgehead atoms. The molecule has 0 fully saturated rings. The highest BCUT2D eigenvalue weighted by molar-refractivity contribution is 6.41. The van der Waals surface area contributed by atoms with Crippen LogP contribution in [0.25, 0.3) is 109 Å². The summed E-state index contributed by atoms with van der Waals surface area (Å²) in [4.78, 5) is 0. The summed E-state index contributed by atoms with van der Waals surface area (Å²) in [6.07, 6.45) is 2.07. The van der Waals surface area contributed by atoms with Gasteiger partial charge in [0, 0.05) is 0 Å². The highest BCUT2D eigenvalue weighted by Gasteiger charge is 2.30. The third-order valence-electron chi connectivity index (χ3n) is 11.0. The summed E-state index contributed by atoms with van der Waals surface area (Å²) in [6.45, 7) is 4.56. The van der Waals surface area contributed by atoms with Gasteiger partial charge in [0.1, 0.15) is 0 Å². The zero-order valence-corrected chi connectivity index (χ0v) is 24.8. The monoisotopic (exact) mass is 556 g/mol. The molecule has 0 heteroatoms. The van der Waals surface area contributed by atoms with E-state index in [9.17, 15) is 0 Å². The first-order chi connectivity index (χ1) is 21.8. The van der Waals surface area contributed by atoms with Crippen molar-refractivity contribution in [2.45, 2.75) is 26.7 Å². The summed E-state index contributed by atoms with van der Waals surface area (Å²) in [5.74, 6) is 0. The lowest BCUT2D eigenvalue weighted by Gasteiger charge is -2.17. The highest BCUT2D eigenvalue weighted by Crippen LogP contribution is 2.57. The van der Waals surface area contributed by atoms with Gasteiger partial charge >= 0.3 is 0 Å². The van der Waals surface area contributed by atoms with Gasteiger partial charge in [-0.1, -0.05) is 111 Å². The van der Waals surface area contributed by atoms with Crippen LogP contribution in [-0.4, -0.2) is 0 Å². The Morgan fingerprint density at radius 2 is 0.682 bits per heavy atom. The van der Waals surface area contributed by atoms with Crippen LogP contribution in [0.15, 0.2) is 109 Å². The molecule has 9 aromatic carbocycles. The smallest absolute Gasteiger partial charge is 0.00137 e. The molecule has 2 aliphatic rings. The lowest BCUT2D eigenvalue weighted by Crippen LogP contribution is -1.88. The quantitative estimate of drug-likeness (QED) is 0.147. The Morgan fingerprint density at radius 3 is 1.07 bits per heavy atom. The summed E-state index contributed by atoms with van der Waals surface area (Å²) in [7, 11) is 0. The summed E-state index contributed by atoms with van der Waals surface area (Å²) >= 11 is 0. The molecule has 0 aromatic heterocycles. The molecule has 204 valence electrons. The van der Waals surface area contributed by atoms with Crippen LogP contribution in [0.3, 0.4) is 0 Å². The van der Waals surface area contributed by atoms with Gasteiger partial charge in [-0.2, -0.15) is 0 Å². The number of benzene rings is 9. The van der Waals surface area contributed by atoms with Gasteiger partial charge in [-0.05, 0) is 145 Å². The second-order valence-electron chi connectivity index (χ2n) is 12.9. The Labute approximate surface area is 255 Å². The van der Waals surface area contributed by atoms with E-state index in [0.717, 1.165) is 12.8 Å². The summed E-state index contributed by atoms with van der Waals surface area (Å²) < 4.78 is 0. The SMILES string of the molecule is CCc1cc2c(c3ccccc13)-c1ccc3c4ccc5c6c(ccc(c7ccc-2c1c73)c64)-c1cc(CC)c2ccccc2c1-5. The van der Waals surface area contributed by atoms with Crippen LogP contribution in [0, 0.1) is 0 Å². The second kappa shape index (κ2) is 7.84. The molecule has 0 nitrogen and oxygen atoms in total. The lowest BCUT2D eigenvalue weighted by atomic mass is 9.86. The van der Waals surface area contributed by atoms with Crippen molar-refractivity contribution < 1.29 is 0 Å². The van der Waals surface area contributed by atoms with Gasteiger partial charge in [-0.15, -0.1) is 0 Å². The van der Waals surface area contributed by atoms with Crippen molar-refractivity contribution in [3.05, 3.63) is 120 Å². The first-order valence-electron chi connectivity index (χ1n) is 16.1. The minimum Gasteiger partial charge on any atom is -0.0616 e. The fourth-order valence-corrected chi connectivity index (χ4v) is 9.25. The van der Waals surface area contributed by atoms with Crippen LogP contribution in [0.2, 0.25) is 0 Å². The molecule has 0 heterocycles. The van der Waals surface area contributed by atoms with E-state index in [2.05, 4.69) is 123 Å². The minimum absolute atomic E-state index is 1.04. The van der Waals surface area contributed by atoms with Crippen molar-refractivity contribution in [2.24, 2.45) is 0 Å². The summed E-state index contributed by atoms with van der Waals surface area (Å²) in [6, 6.07) is 42.3. The number of hydrogen-bond acceptors (Lipinski definition) is 0. The first-order valence-corrected chi connectivity index (χ1v) is 16.1. The minimum atomic E-state index is 1.04. The van der Waals surface area contributed by atoms with Crippen molar-refractivity contribution in [2.75, 3.05) is 0 Å². The Morgan fingerprint density at radius 1 is 0.318 bits per heavy atom. The zero-order valence-electron chi connectivity index (χ0n) is 24.8. The van der Waals surface area contributed by atoms with E-state index >= 15 is 0 Å². The predicted molar refractivity (Wildman–Crippen MR) is 190 cm³/mol. The Kier molecular flexibility index (Phi) is 4.15. The fourth-order valence-electron chi connectivity index (χ4n) is 9.25. The molecule has 0 radical (unpaired) electrons. The molecule has 0 N–H and O–H groups in total. The summed E-state index contributed by atoms with van der Waals surface area (Å²) in [5, 5.41) is 16.7. The maximum atomic E-state index is 2.47. The number of rotatable bonds is 2. The Balaban J connectivity index is 1.29. The van der Waals surface area contributed by atoms with Gasteiger partial charge in [0.15, 0.2) is 0 Å². The fraction of sp³-hybridized carbons (Fsp3) is 0.0909. The zero-order chi connectivity index (χ0) is 28.8. The van der Waals surface area contributed by atoms with E-state index in [1.54, 1.807) is 0 Å². The molecular weight excluding hydrogens is 528 g/mol. The summed E-state index contributed by atoms with van der Waals surface area (Å²) in [5.41, 5.74) is 14.0. The van der Waals surface area contributed by atoms with Crippen LogP contribution >= 0.6 is 0 Å². The molecule has 0 atom stereocenters. The van der Waals surface area contributed by atoms with Crippen LogP contribution in [-0.2, 0) is 12.8 Å². The second-order valence-corrected chi connectivity index (χ2v) is 12.9. The molecule has 2 aliphatic carbocycles. The molecule has 9 aromatic rings. The van der Waals surface area contributed by atoms with Crippen LogP contribution in [0.4, 0.5) is 0 Å².